The van der Waals surface area contributed by atoms with Gasteiger partial charge in [0.15, 0.2) is 0 Å². The Morgan fingerprint density at radius 3 is 2.23 bits per heavy atom. The van der Waals surface area contributed by atoms with Crippen LogP contribution in [0.2, 0.25) is 0 Å². The van der Waals surface area contributed by atoms with Gasteiger partial charge in [-0.3, -0.25) is 14.6 Å². The summed E-state index contributed by atoms with van der Waals surface area (Å²) in [6, 6.07) is 21.8. The predicted molar refractivity (Wildman–Crippen MR) is 114 cm³/mol. The molecule has 0 aliphatic rings. The molecule has 0 aliphatic heterocycles. The standard InChI is InChI=1S/C24H24FN3O2/c1-28(24(30)19-12-6-3-7-13-19)21(22(25)18-10-4-2-5-11-18)15-17-27-23(29)20-14-8-9-16-26-20/h2-14,16,21-22H,15,17H2,1H3,(H,27,29)/t21-,22+/m1/s1. The number of rotatable bonds is 8. The summed E-state index contributed by atoms with van der Waals surface area (Å²) in [7, 11) is 1.59. The fourth-order valence-corrected chi connectivity index (χ4v) is 3.25. The first-order valence-electron chi connectivity index (χ1n) is 9.78. The summed E-state index contributed by atoms with van der Waals surface area (Å²) in [4.78, 5) is 30.6. The number of carbonyl (C=O) groups excluding carboxylic acids is 2. The number of pyridine rings is 1. The fraction of sp³-hybridized carbons (Fsp3) is 0.208. The van der Waals surface area contributed by atoms with E-state index in [1.807, 2.05) is 12.1 Å². The van der Waals surface area contributed by atoms with Crippen molar-refractivity contribution in [3.05, 3.63) is 102 Å². The van der Waals surface area contributed by atoms with Crippen LogP contribution in [-0.4, -0.2) is 41.3 Å². The van der Waals surface area contributed by atoms with Crippen molar-refractivity contribution in [2.45, 2.75) is 18.6 Å². The topological polar surface area (TPSA) is 62.3 Å². The van der Waals surface area contributed by atoms with E-state index in [0.29, 0.717) is 16.8 Å². The van der Waals surface area contributed by atoms with Crippen molar-refractivity contribution in [1.82, 2.24) is 15.2 Å². The first kappa shape index (κ1) is 21.2. The van der Waals surface area contributed by atoms with Gasteiger partial charge in [0.25, 0.3) is 11.8 Å². The molecule has 6 heteroatoms. The first-order chi connectivity index (χ1) is 14.6. The van der Waals surface area contributed by atoms with E-state index in [2.05, 4.69) is 10.3 Å². The predicted octanol–water partition coefficient (Wildman–Crippen LogP) is 4.05. The van der Waals surface area contributed by atoms with E-state index in [1.165, 1.54) is 11.1 Å². The van der Waals surface area contributed by atoms with E-state index in [1.54, 1.807) is 73.8 Å². The lowest BCUT2D eigenvalue weighted by atomic mass is 9.99. The van der Waals surface area contributed by atoms with Gasteiger partial charge in [0.05, 0.1) is 6.04 Å². The quantitative estimate of drug-likeness (QED) is 0.615. The molecular weight excluding hydrogens is 381 g/mol. The van der Waals surface area contributed by atoms with Gasteiger partial charge in [0, 0.05) is 25.4 Å². The number of nitrogens with zero attached hydrogens (tertiary/aromatic N) is 2. The number of halogens is 1. The summed E-state index contributed by atoms with van der Waals surface area (Å²) >= 11 is 0. The van der Waals surface area contributed by atoms with E-state index in [0.717, 1.165) is 0 Å². The summed E-state index contributed by atoms with van der Waals surface area (Å²) in [5.41, 5.74) is 1.27. The number of nitrogens with one attached hydrogen (secondary N) is 1. The van der Waals surface area contributed by atoms with Gasteiger partial charge >= 0.3 is 0 Å². The summed E-state index contributed by atoms with van der Waals surface area (Å²) in [5.74, 6) is -0.600. The highest BCUT2D eigenvalue weighted by molar-refractivity contribution is 5.94. The van der Waals surface area contributed by atoms with Crippen molar-refractivity contribution in [2.24, 2.45) is 0 Å². The van der Waals surface area contributed by atoms with Gasteiger partial charge in [-0.1, -0.05) is 54.6 Å². The molecule has 0 aliphatic carbocycles. The third-order valence-corrected chi connectivity index (χ3v) is 4.92. The zero-order chi connectivity index (χ0) is 21.3. The maximum absolute atomic E-state index is 15.5. The van der Waals surface area contributed by atoms with Gasteiger partial charge in [-0.25, -0.2) is 4.39 Å². The molecule has 0 spiro atoms. The van der Waals surface area contributed by atoms with Crippen molar-refractivity contribution in [2.75, 3.05) is 13.6 Å². The van der Waals surface area contributed by atoms with E-state index >= 15 is 4.39 Å². The molecule has 2 amide bonds. The molecule has 154 valence electrons. The van der Waals surface area contributed by atoms with E-state index in [9.17, 15) is 9.59 Å². The first-order valence-corrected chi connectivity index (χ1v) is 9.78. The zero-order valence-corrected chi connectivity index (χ0v) is 16.7. The molecule has 0 unspecified atom stereocenters. The summed E-state index contributed by atoms with van der Waals surface area (Å²) in [6.45, 7) is 0.208. The smallest absolute Gasteiger partial charge is 0.269 e. The second kappa shape index (κ2) is 10.3. The van der Waals surface area contributed by atoms with Crippen molar-refractivity contribution in [3.8, 4) is 0 Å². The Balaban J connectivity index is 1.73. The average Bonchev–Trinajstić information content (AvgIpc) is 2.82. The van der Waals surface area contributed by atoms with Crippen LogP contribution < -0.4 is 5.32 Å². The fourth-order valence-electron chi connectivity index (χ4n) is 3.25. The lowest BCUT2D eigenvalue weighted by molar-refractivity contribution is 0.0612. The van der Waals surface area contributed by atoms with Crippen LogP contribution in [0.3, 0.4) is 0 Å². The second-order valence-electron chi connectivity index (χ2n) is 6.92. The zero-order valence-electron chi connectivity index (χ0n) is 16.7. The largest absolute Gasteiger partial charge is 0.351 e. The molecule has 3 rings (SSSR count). The normalized spacial score (nSPS) is 12.6. The van der Waals surface area contributed by atoms with Gasteiger partial charge in [0.2, 0.25) is 0 Å². The van der Waals surface area contributed by atoms with Crippen molar-refractivity contribution in [1.29, 1.82) is 0 Å². The number of carbonyl (C=O) groups is 2. The van der Waals surface area contributed by atoms with Gasteiger partial charge in [-0.15, -0.1) is 0 Å². The molecule has 0 fully saturated rings. The number of amides is 2. The molecule has 5 nitrogen and oxygen atoms in total. The van der Waals surface area contributed by atoms with Crippen LogP contribution in [0.15, 0.2) is 85.1 Å². The molecule has 1 heterocycles. The van der Waals surface area contributed by atoms with Crippen molar-refractivity contribution in [3.63, 3.8) is 0 Å². The van der Waals surface area contributed by atoms with Crippen LogP contribution in [0.1, 0.15) is 39.0 Å². The van der Waals surface area contributed by atoms with Crippen LogP contribution in [0.4, 0.5) is 4.39 Å². The van der Waals surface area contributed by atoms with Gasteiger partial charge in [-0.05, 0) is 36.2 Å². The van der Waals surface area contributed by atoms with Crippen LogP contribution in [0.5, 0.6) is 0 Å². The monoisotopic (exact) mass is 405 g/mol. The minimum atomic E-state index is -1.39. The Morgan fingerprint density at radius 1 is 0.967 bits per heavy atom. The molecular formula is C24H24FN3O2. The summed E-state index contributed by atoms with van der Waals surface area (Å²) < 4.78 is 15.5. The number of likely N-dealkylation sites (N-methyl/N-ethyl adjacent to an activating group) is 1. The van der Waals surface area contributed by atoms with Crippen molar-refractivity contribution >= 4 is 11.8 Å². The number of aromatic nitrogens is 1. The third-order valence-electron chi connectivity index (χ3n) is 4.92. The maximum atomic E-state index is 15.5. The van der Waals surface area contributed by atoms with Crippen molar-refractivity contribution < 1.29 is 14.0 Å². The van der Waals surface area contributed by atoms with E-state index < -0.39 is 12.2 Å². The van der Waals surface area contributed by atoms with Gasteiger partial charge < -0.3 is 10.2 Å². The SMILES string of the molecule is CN(C(=O)c1ccccc1)[C@H](CCNC(=O)c1ccccn1)[C@@H](F)c1ccccc1. The minimum Gasteiger partial charge on any atom is -0.351 e. The third kappa shape index (κ3) is 5.29. The van der Waals surface area contributed by atoms with E-state index in [4.69, 9.17) is 0 Å². The molecule has 1 aromatic heterocycles. The van der Waals surface area contributed by atoms with Crippen LogP contribution >= 0.6 is 0 Å². The number of benzene rings is 2. The molecule has 30 heavy (non-hydrogen) atoms. The Bertz CT molecular complexity index is 952. The molecule has 3 aromatic rings. The second-order valence-corrected chi connectivity index (χ2v) is 6.92. The van der Waals surface area contributed by atoms with Gasteiger partial charge in [-0.2, -0.15) is 0 Å². The number of hydrogen-bond donors (Lipinski definition) is 1. The Morgan fingerprint density at radius 2 is 1.60 bits per heavy atom. The molecule has 0 bridgehead atoms. The van der Waals surface area contributed by atoms with Crippen LogP contribution in [0.25, 0.3) is 0 Å². The van der Waals surface area contributed by atoms with Gasteiger partial charge in [0.1, 0.15) is 11.9 Å². The maximum Gasteiger partial charge on any atom is 0.269 e. The van der Waals surface area contributed by atoms with Crippen LogP contribution in [-0.2, 0) is 0 Å². The number of hydrogen-bond acceptors (Lipinski definition) is 3. The molecule has 0 saturated carbocycles. The Labute approximate surface area is 175 Å². The molecule has 0 radical (unpaired) electrons. The summed E-state index contributed by atoms with van der Waals surface area (Å²) in [5, 5.41) is 2.76. The van der Waals surface area contributed by atoms with E-state index in [-0.39, 0.29) is 24.8 Å². The van der Waals surface area contributed by atoms with Crippen LogP contribution in [0, 0.1) is 0 Å². The molecule has 1 N–H and O–H groups in total. The lowest BCUT2D eigenvalue weighted by Crippen LogP contribution is -2.42. The highest BCUT2D eigenvalue weighted by atomic mass is 19.1. The molecule has 0 saturated heterocycles. The Kier molecular flexibility index (Phi) is 7.27. The lowest BCUT2D eigenvalue weighted by Gasteiger charge is -2.31. The summed E-state index contributed by atoms with van der Waals surface area (Å²) in [6.07, 6.45) is 0.399. The number of alkyl halides is 1. The highest BCUT2D eigenvalue weighted by Gasteiger charge is 2.30. The molecule has 2 atom stereocenters. The minimum absolute atomic E-state index is 0.208. The Hall–Kier alpha value is -3.54. The highest BCUT2D eigenvalue weighted by Crippen LogP contribution is 2.27. The average molecular weight is 405 g/mol. The molecule has 2 aromatic carbocycles.